The Labute approximate surface area is 152 Å². The molecule has 0 saturated carbocycles. The summed E-state index contributed by atoms with van der Waals surface area (Å²) in [5, 5.41) is 10.4. The van der Waals surface area contributed by atoms with E-state index in [4.69, 9.17) is 14.2 Å². The number of benzene rings is 2. The van der Waals surface area contributed by atoms with Gasteiger partial charge in [0.25, 0.3) is 0 Å². The maximum atomic E-state index is 11.1. The van der Waals surface area contributed by atoms with Crippen LogP contribution in [0.2, 0.25) is 0 Å². The number of hydrogen-bond acceptors (Lipinski definition) is 5. The van der Waals surface area contributed by atoms with E-state index in [0.717, 1.165) is 11.1 Å². The molecule has 0 saturated heterocycles. The number of carbonyl (C=O) groups is 1. The van der Waals surface area contributed by atoms with E-state index in [2.05, 4.69) is 0 Å². The van der Waals surface area contributed by atoms with E-state index in [1.54, 1.807) is 0 Å². The summed E-state index contributed by atoms with van der Waals surface area (Å²) in [5.41, 5.74) is 2.20. The lowest BCUT2D eigenvalue weighted by Crippen LogP contribution is -2.47. The molecule has 1 aliphatic rings. The van der Waals surface area contributed by atoms with E-state index >= 15 is 0 Å². The average Bonchev–Trinajstić information content (AvgIpc) is 2.69. The predicted octanol–water partition coefficient (Wildman–Crippen LogP) is 2.63. The van der Waals surface area contributed by atoms with Gasteiger partial charge in [0, 0.05) is 0 Å². The second kappa shape index (κ2) is 9.29. The number of aliphatic hydroxyl groups excluding tert-OH is 1. The van der Waals surface area contributed by atoms with E-state index in [-0.39, 0.29) is 12.2 Å². The smallest absolute Gasteiger partial charge is 0.151 e. The summed E-state index contributed by atoms with van der Waals surface area (Å²) >= 11 is 0. The third-order valence-electron chi connectivity index (χ3n) is 4.21. The third kappa shape index (κ3) is 4.79. The first-order chi connectivity index (χ1) is 12.8. The van der Waals surface area contributed by atoms with Crippen molar-refractivity contribution in [3.63, 3.8) is 0 Å². The van der Waals surface area contributed by atoms with Gasteiger partial charge < -0.3 is 19.3 Å². The molecule has 5 nitrogen and oxygen atoms in total. The zero-order valence-electron chi connectivity index (χ0n) is 14.4. The fourth-order valence-electron chi connectivity index (χ4n) is 2.77. The molecule has 0 fully saturated rings. The van der Waals surface area contributed by atoms with Gasteiger partial charge in [0.05, 0.1) is 31.7 Å². The Kier molecular flexibility index (Phi) is 6.55. The molecule has 3 rings (SSSR count). The summed E-state index contributed by atoms with van der Waals surface area (Å²) in [4.78, 5) is 11.1. The maximum Gasteiger partial charge on any atom is 0.151 e. The van der Waals surface area contributed by atoms with E-state index < -0.39 is 18.3 Å². The van der Waals surface area contributed by atoms with Crippen LogP contribution in [-0.2, 0) is 32.2 Å². The Hall–Kier alpha value is -2.47. The highest BCUT2D eigenvalue weighted by molar-refractivity contribution is 5.74. The Morgan fingerprint density at radius 3 is 2.19 bits per heavy atom. The minimum Gasteiger partial charge on any atom is -0.492 e. The minimum atomic E-state index is -1.05. The highest BCUT2D eigenvalue weighted by Gasteiger charge is 2.36. The van der Waals surface area contributed by atoms with Crippen molar-refractivity contribution < 1.29 is 24.1 Å². The lowest BCUT2D eigenvalue weighted by Gasteiger charge is -2.34. The SMILES string of the molecule is O=CC1=CO[C@@H](COCc2ccccc2)[C@@H](OCc2ccccc2)[C@@H]1O. The zero-order chi connectivity index (χ0) is 18.2. The van der Waals surface area contributed by atoms with Crippen LogP contribution < -0.4 is 0 Å². The van der Waals surface area contributed by atoms with Gasteiger partial charge in [0.1, 0.15) is 18.3 Å². The topological polar surface area (TPSA) is 65.0 Å². The largest absolute Gasteiger partial charge is 0.492 e. The normalized spacial score (nSPS) is 22.3. The molecular weight excluding hydrogens is 332 g/mol. The van der Waals surface area contributed by atoms with E-state index in [0.29, 0.717) is 19.5 Å². The number of ether oxygens (including phenoxy) is 3. The maximum absolute atomic E-state index is 11.1. The molecule has 1 heterocycles. The summed E-state index contributed by atoms with van der Waals surface area (Å²) < 4.78 is 17.2. The molecule has 2 aromatic rings. The number of hydrogen-bond donors (Lipinski definition) is 1. The van der Waals surface area contributed by atoms with Gasteiger partial charge in [-0.25, -0.2) is 0 Å². The molecule has 136 valence electrons. The molecule has 0 bridgehead atoms. The standard InChI is InChI=1S/C21H22O5/c22-11-18-14-25-19(15-24-12-16-7-3-1-4-8-16)21(20(18)23)26-13-17-9-5-2-6-10-17/h1-11,14,19-21,23H,12-13,15H2/t19-,20+,21+/m0/s1. The van der Waals surface area contributed by atoms with Gasteiger partial charge >= 0.3 is 0 Å². The van der Waals surface area contributed by atoms with Gasteiger partial charge in [-0.3, -0.25) is 4.79 Å². The summed E-state index contributed by atoms with van der Waals surface area (Å²) in [5.74, 6) is 0. The highest BCUT2D eigenvalue weighted by Crippen LogP contribution is 2.23. The molecule has 26 heavy (non-hydrogen) atoms. The number of rotatable bonds is 8. The van der Waals surface area contributed by atoms with Crippen molar-refractivity contribution in [2.24, 2.45) is 0 Å². The van der Waals surface area contributed by atoms with Crippen LogP contribution in [0.15, 0.2) is 72.5 Å². The summed E-state index contributed by atoms with van der Waals surface area (Å²) in [6.07, 6.45) is -0.353. The van der Waals surface area contributed by atoms with Gasteiger partial charge in [0.2, 0.25) is 0 Å². The molecule has 0 radical (unpaired) electrons. The third-order valence-corrected chi connectivity index (χ3v) is 4.21. The summed E-state index contributed by atoms with van der Waals surface area (Å²) in [6.45, 7) is 0.994. The van der Waals surface area contributed by atoms with Crippen LogP contribution in [0.4, 0.5) is 0 Å². The first-order valence-corrected chi connectivity index (χ1v) is 8.54. The molecule has 0 unspecified atom stereocenters. The quantitative estimate of drug-likeness (QED) is 0.739. The first-order valence-electron chi connectivity index (χ1n) is 8.54. The fourth-order valence-corrected chi connectivity index (χ4v) is 2.77. The van der Waals surface area contributed by atoms with Crippen LogP contribution in [0.25, 0.3) is 0 Å². The van der Waals surface area contributed by atoms with E-state index in [1.165, 1.54) is 6.26 Å². The molecule has 0 amide bonds. The fraction of sp³-hybridized carbons (Fsp3) is 0.286. The number of carbonyl (C=O) groups excluding carboxylic acids is 1. The Morgan fingerprint density at radius 2 is 1.58 bits per heavy atom. The molecule has 5 heteroatoms. The lowest BCUT2D eigenvalue weighted by molar-refractivity contribution is -0.137. The van der Waals surface area contributed by atoms with Crippen LogP contribution in [0.1, 0.15) is 11.1 Å². The van der Waals surface area contributed by atoms with Crippen LogP contribution in [0.5, 0.6) is 0 Å². The number of aldehydes is 1. The van der Waals surface area contributed by atoms with Crippen molar-refractivity contribution in [2.45, 2.75) is 31.5 Å². The molecule has 0 aliphatic carbocycles. The average molecular weight is 354 g/mol. The van der Waals surface area contributed by atoms with Crippen LogP contribution in [0, 0.1) is 0 Å². The monoisotopic (exact) mass is 354 g/mol. The Balaban J connectivity index is 1.61. The van der Waals surface area contributed by atoms with Crippen LogP contribution >= 0.6 is 0 Å². The van der Waals surface area contributed by atoms with Crippen molar-refractivity contribution in [2.75, 3.05) is 6.61 Å². The predicted molar refractivity (Wildman–Crippen MR) is 96.1 cm³/mol. The first kappa shape index (κ1) is 18.3. The zero-order valence-corrected chi connectivity index (χ0v) is 14.4. The Morgan fingerprint density at radius 1 is 0.962 bits per heavy atom. The minimum absolute atomic E-state index is 0.169. The number of aliphatic hydroxyl groups is 1. The van der Waals surface area contributed by atoms with Crippen LogP contribution in [0.3, 0.4) is 0 Å². The summed E-state index contributed by atoms with van der Waals surface area (Å²) in [6, 6.07) is 19.4. The highest BCUT2D eigenvalue weighted by atomic mass is 16.6. The van der Waals surface area contributed by atoms with Gasteiger partial charge in [-0.15, -0.1) is 0 Å². The molecule has 3 atom stereocenters. The second-order valence-electron chi connectivity index (χ2n) is 6.12. The van der Waals surface area contributed by atoms with Gasteiger partial charge in [-0.1, -0.05) is 60.7 Å². The molecule has 0 aromatic heterocycles. The van der Waals surface area contributed by atoms with E-state index in [9.17, 15) is 9.90 Å². The second-order valence-corrected chi connectivity index (χ2v) is 6.12. The molecule has 1 N–H and O–H groups in total. The molecule has 2 aromatic carbocycles. The van der Waals surface area contributed by atoms with Crippen LogP contribution in [-0.4, -0.2) is 36.3 Å². The van der Waals surface area contributed by atoms with Crippen molar-refractivity contribution in [1.82, 2.24) is 0 Å². The van der Waals surface area contributed by atoms with Crippen molar-refractivity contribution in [3.05, 3.63) is 83.6 Å². The molecule has 0 spiro atoms. The summed E-state index contributed by atoms with van der Waals surface area (Å²) in [7, 11) is 0. The van der Waals surface area contributed by atoms with Crippen molar-refractivity contribution >= 4 is 6.29 Å². The lowest BCUT2D eigenvalue weighted by atomic mass is 9.99. The van der Waals surface area contributed by atoms with Gasteiger partial charge in [-0.05, 0) is 11.1 Å². The molecular formula is C21H22O5. The van der Waals surface area contributed by atoms with Crippen molar-refractivity contribution in [1.29, 1.82) is 0 Å². The van der Waals surface area contributed by atoms with E-state index in [1.807, 2.05) is 60.7 Å². The molecule has 1 aliphatic heterocycles. The Bertz CT molecular complexity index is 714. The van der Waals surface area contributed by atoms with Gasteiger partial charge in [0.15, 0.2) is 6.29 Å². The van der Waals surface area contributed by atoms with Crippen molar-refractivity contribution in [3.8, 4) is 0 Å². The van der Waals surface area contributed by atoms with Gasteiger partial charge in [-0.2, -0.15) is 0 Å².